The van der Waals surface area contributed by atoms with Crippen molar-refractivity contribution in [1.82, 2.24) is 5.32 Å². The Bertz CT molecular complexity index is 175. The van der Waals surface area contributed by atoms with Gasteiger partial charge in [-0.05, 0) is 19.3 Å². The Hall–Kier alpha value is 0.310. The van der Waals surface area contributed by atoms with E-state index in [9.17, 15) is 0 Å². The summed E-state index contributed by atoms with van der Waals surface area (Å²) in [4.78, 5) is 0. The zero-order valence-electron chi connectivity index (χ0n) is 10.0. The van der Waals surface area contributed by atoms with E-state index in [2.05, 4.69) is 24.0 Å². The van der Waals surface area contributed by atoms with Crippen LogP contribution in [0.4, 0.5) is 0 Å². The molecular formula is C13H25NS. The average molecular weight is 227 g/mol. The fourth-order valence-electron chi connectivity index (χ4n) is 2.89. The molecule has 1 nitrogen and oxygen atoms in total. The van der Waals surface area contributed by atoms with Gasteiger partial charge in [-0.2, -0.15) is 11.8 Å². The molecule has 15 heavy (non-hydrogen) atoms. The molecule has 1 saturated heterocycles. The molecule has 1 aliphatic heterocycles. The van der Waals surface area contributed by atoms with Gasteiger partial charge in [-0.25, -0.2) is 0 Å². The lowest BCUT2D eigenvalue weighted by Crippen LogP contribution is -2.38. The second-order valence-corrected chi connectivity index (χ2v) is 6.76. The number of hydrogen-bond acceptors (Lipinski definition) is 2. The summed E-state index contributed by atoms with van der Waals surface area (Å²) in [7, 11) is 0. The van der Waals surface area contributed by atoms with Crippen LogP contribution in [-0.2, 0) is 0 Å². The van der Waals surface area contributed by atoms with E-state index in [-0.39, 0.29) is 0 Å². The van der Waals surface area contributed by atoms with E-state index in [1.807, 2.05) is 0 Å². The van der Waals surface area contributed by atoms with Crippen LogP contribution in [0.1, 0.15) is 58.3 Å². The van der Waals surface area contributed by atoms with E-state index >= 15 is 0 Å². The van der Waals surface area contributed by atoms with E-state index in [4.69, 9.17) is 0 Å². The van der Waals surface area contributed by atoms with E-state index in [1.54, 1.807) is 0 Å². The molecule has 0 radical (unpaired) electrons. The van der Waals surface area contributed by atoms with Gasteiger partial charge < -0.3 is 5.32 Å². The first kappa shape index (κ1) is 11.8. The molecule has 1 saturated carbocycles. The van der Waals surface area contributed by atoms with Crippen molar-refractivity contribution >= 4 is 11.8 Å². The highest BCUT2D eigenvalue weighted by atomic mass is 32.2. The molecule has 2 aliphatic rings. The molecule has 2 fully saturated rings. The fraction of sp³-hybridized carbons (Fsp3) is 1.00. The van der Waals surface area contributed by atoms with Crippen molar-refractivity contribution in [3.63, 3.8) is 0 Å². The molecule has 0 amide bonds. The van der Waals surface area contributed by atoms with E-state index in [0.717, 1.165) is 17.3 Å². The average Bonchev–Trinajstić information content (AvgIpc) is 2.56. The lowest BCUT2D eigenvalue weighted by atomic mass is 9.96. The minimum absolute atomic E-state index is 0.814. The number of hydrogen-bond donors (Lipinski definition) is 1. The van der Waals surface area contributed by atoms with Crippen LogP contribution >= 0.6 is 11.8 Å². The SMILES string of the molecule is CC1CC(NC2CCCCCCC2)CS1. The van der Waals surface area contributed by atoms with Crippen molar-refractivity contribution in [2.75, 3.05) is 5.75 Å². The first-order valence-corrected chi connectivity index (χ1v) is 7.77. The Labute approximate surface area is 98.8 Å². The summed E-state index contributed by atoms with van der Waals surface area (Å²) in [6, 6.07) is 1.65. The van der Waals surface area contributed by atoms with Crippen molar-refractivity contribution in [1.29, 1.82) is 0 Å². The topological polar surface area (TPSA) is 12.0 Å². The molecule has 2 heteroatoms. The summed E-state index contributed by atoms with van der Waals surface area (Å²) in [6.07, 6.45) is 11.6. The molecule has 2 rings (SSSR count). The van der Waals surface area contributed by atoms with Crippen LogP contribution in [0.5, 0.6) is 0 Å². The van der Waals surface area contributed by atoms with Crippen LogP contribution in [0.15, 0.2) is 0 Å². The first-order chi connectivity index (χ1) is 7.34. The predicted octanol–water partition coefficient (Wildman–Crippen LogP) is 3.58. The van der Waals surface area contributed by atoms with E-state index in [0.29, 0.717) is 0 Å². The summed E-state index contributed by atoms with van der Waals surface area (Å²) in [6.45, 7) is 2.37. The maximum absolute atomic E-state index is 3.90. The van der Waals surface area contributed by atoms with Crippen molar-refractivity contribution in [2.45, 2.75) is 75.6 Å². The van der Waals surface area contributed by atoms with Gasteiger partial charge in [-0.1, -0.05) is 39.0 Å². The minimum atomic E-state index is 0.814. The fourth-order valence-corrected chi connectivity index (χ4v) is 4.05. The lowest BCUT2D eigenvalue weighted by molar-refractivity contribution is 0.358. The van der Waals surface area contributed by atoms with Gasteiger partial charge in [0.15, 0.2) is 0 Å². The lowest BCUT2D eigenvalue weighted by Gasteiger charge is -2.24. The Morgan fingerprint density at radius 2 is 1.60 bits per heavy atom. The van der Waals surface area contributed by atoms with Crippen molar-refractivity contribution in [2.24, 2.45) is 0 Å². The molecule has 0 aromatic heterocycles. The van der Waals surface area contributed by atoms with Crippen LogP contribution in [-0.4, -0.2) is 23.1 Å². The van der Waals surface area contributed by atoms with Crippen LogP contribution in [0.2, 0.25) is 0 Å². The highest BCUT2D eigenvalue weighted by Crippen LogP contribution is 2.27. The van der Waals surface area contributed by atoms with Crippen molar-refractivity contribution in [3.05, 3.63) is 0 Å². The smallest absolute Gasteiger partial charge is 0.0171 e. The standard InChI is InChI=1S/C13H25NS/c1-11-9-13(10-15-11)14-12-7-5-3-2-4-6-8-12/h11-14H,2-10H2,1H3. The normalized spacial score (nSPS) is 35.0. The highest BCUT2D eigenvalue weighted by molar-refractivity contribution is 8.00. The molecule has 1 N–H and O–H groups in total. The second-order valence-electron chi connectivity index (χ2n) is 5.29. The van der Waals surface area contributed by atoms with Gasteiger partial charge in [0.2, 0.25) is 0 Å². The molecule has 0 aromatic carbocycles. The highest BCUT2D eigenvalue weighted by Gasteiger charge is 2.24. The molecule has 1 heterocycles. The Morgan fingerprint density at radius 3 is 2.20 bits per heavy atom. The van der Waals surface area contributed by atoms with Gasteiger partial charge in [0.1, 0.15) is 0 Å². The summed E-state index contributed by atoms with van der Waals surface area (Å²) >= 11 is 2.14. The third-order valence-corrected chi connectivity index (χ3v) is 5.13. The van der Waals surface area contributed by atoms with Gasteiger partial charge in [0.05, 0.1) is 0 Å². The molecular weight excluding hydrogens is 202 g/mol. The number of rotatable bonds is 2. The molecule has 0 spiro atoms. The summed E-state index contributed by atoms with van der Waals surface area (Å²) in [5.74, 6) is 1.34. The van der Waals surface area contributed by atoms with Crippen LogP contribution in [0, 0.1) is 0 Å². The first-order valence-electron chi connectivity index (χ1n) is 6.72. The van der Waals surface area contributed by atoms with Gasteiger partial charge in [0.25, 0.3) is 0 Å². The van der Waals surface area contributed by atoms with Gasteiger partial charge >= 0.3 is 0 Å². The molecule has 0 aromatic rings. The summed E-state index contributed by atoms with van der Waals surface area (Å²) < 4.78 is 0. The Kier molecular flexibility index (Phi) is 4.83. The van der Waals surface area contributed by atoms with E-state index < -0.39 is 0 Å². The zero-order valence-corrected chi connectivity index (χ0v) is 10.8. The summed E-state index contributed by atoms with van der Waals surface area (Å²) in [5, 5.41) is 4.78. The van der Waals surface area contributed by atoms with Crippen LogP contribution in [0.25, 0.3) is 0 Å². The molecule has 1 aliphatic carbocycles. The third kappa shape index (κ3) is 3.99. The van der Waals surface area contributed by atoms with Gasteiger partial charge in [0, 0.05) is 23.1 Å². The third-order valence-electron chi connectivity index (χ3n) is 3.77. The minimum Gasteiger partial charge on any atom is -0.310 e. The summed E-state index contributed by atoms with van der Waals surface area (Å²) in [5.41, 5.74) is 0. The van der Waals surface area contributed by atoms with Gasteiger partial charge in [-0.3, -0.25) is 0 Å². The molecule has 2 unspecified atom stereocenters. The Morgan fingerprint density at radius 1 is 0.933 bits per heavy atom. The molecule has 88 valence electrons. The molecule has 0 bridgehead atoms. The quantitative estimate of drug-likeness (QED) is 0.774. The number of nitrogens with one attached hydrogen (secondary N) is 1. The monoisotopic (exact) mass is 227 g/mol. The van der Waals surface area contributed by atoms with Gasteiger partial charge in [-0.15, -0.1) is 0 Å². The maximum atomic E-state index is 3.90. The maximum Gasteiger partial charge on any atom is 0.0171 e. The molecule has 2 atom stereocenters. The largest absolute Gasteiger partial charge is 0.310 e. The van der Waals surface area contributed by atoms with Crippen molar-refractivity contribution in [3.8, 4) is 0 Å². The van der Waals surface area contributed by atoms with Crippen LogP contribution < -0.4 is 5.32 Å². The predicted molar refractivity (Wildman–Crippen MR) is 69.6 cm³/mol. The Balaban J connectivity index is 1.71. The second kappa shape index (κ2) is 6.15. The van der Waals surface area contributed by atoms with Crippen LogP contribution in [0.3, 0.4) is 0 Å². The number of thioether (sulfide) groups is 1. The van der Waals surface area contributed by atoms with Crippen molar-refractivity contribution < 1.29 is 0 Å². The zero-order chi connectivity index (χ0) is 10.5. The van der Waals surface area contributed by atoms with E-state index in [1.165, 1.54) is 57.1 Å².